The van der Waals surface area contributed by atoms with Crippen molar-refractivity contribution in [3.8, 4) is 0 Å². The highest BCUT2D eigenvalue weighted by atomic mass is 32.2. The first-order valence-corrected chi connectivity index (χ1v) is 12.9. The number of benzene rings is 1. The number of hydrogen-bond donors (Lipinski definition) is 1. The number of thiophene rings is 1. The van der Waals surface area contributed by atoms with Crippen LogP contribution in [0, 0.1) is 0 Å². The van der Waals surface area contributed by atoms with Crippen LogP contribution in [0.2, 0.25) is 0 Å². The Kier molecular flexibility index (Phi) is 6.27. The quantitative estimate of drug-likeness (QED) is 0.487. The first-order valence-electron chi connectivity index (χ1n) is 11.0. The van der Waals surface area contributed by atoms with Crippen LogP contribution in [-0.4, -0.2) is 39.5 Å². The minimum atomic E-state index is -0.0131. The summed E-state index contributed by atoms with van der Waals surface area (Å²) in [5, 5.41) is 14.8. The zero-order valence-electron chi connectivity index (χ0n) is 17.5. The van der Waals surface area contributed by atoms with E-state index in [2.05, 4.69) is 54.6 Å². The average Bonchev–Trinajstić information content (AvgIpc) is 3.35. The Labute approximate surface area is 191 Å². The predicted molar refractivity (Wildman–Crippen MR) is 127 cm³/mol. The summed E-state index contributed by atoms with van der Waals surface area (Å²) in [6.07, 6.45) is 6.98. The van der Waals surface area contributed by atoms with Crippen LogP contribution >= 0.6 is 23.1 Å². The minimum absolute atomic E-state index is 0.0131. The van der Waals surface area contributed by atoms with Gasteiger partial charge in [0.25, 0.3) is 0 Å². The Morgan fingerprint density at radius 1 is 1.10 bits per heavy atom. The Bertz CT molecular complexity index is 1010. The van der Waals surface area contributed by atoms with E-state index in [0.717, 1.165) is 36.2 Å². The van der Waals surface area contributed by atoms with Crippen LogP contribution in [0.15, 0.2) is 46.9 Å². The molecule has 2 aromatic heterocycles. The molecule has 1 saturated carbocycles. The normalized spacial score (nSPS) is 16.5. The monoisotopic (exact) mass is 453 g/mol. The molecule has 2 fully saturated rings. The van der Waals surface area contributed by atoms with Crippen molar-refractivity contribution in [2.45, 2.75) is 49.7 Å². The van der Waals surface area contributed by atoms with E-state index in [-0.39, 0.29) is 5.91 Å². The van der Waals surface area contributed by atoms with Gasteiger partial charge in [-0.2, -0.15) is 0 Å². The van der Waals surface area contributed by atoms with Crippen molar-refractivity contribution in [2.75, 3.05) is 29.1 Å². The average molecular weight is 454 g/mol. The molecule has 0 unspecified atom stereocenters. The zero-order chi connectivity index (χ0) is 21.0. The lowest BCUT2D eigenvalue weighted by Crippen LogP contribution is -2.29. The van der Waals surface area contributed by atoms with Gasteiger partial charge in [-0.05, 0) is 67.8 Å². The molecule has 6 nitrogen and oxygen atoms in total. The van der Waals surface area contributed by atoms with Gasteiger partial charge in [-0.3, -0.25) is 4.79 Å². The number of nitrogens with one attached hydrogen (secondary N) is 1. The van der Waals surface area contributed by atoms with E-state index in [1.54, 1.807) is 11.3 Å². The van der Waals surface area contributed by atoms with Gasteiger partial charge in [-0.25, -0.2) is 0 Å². The standard InChI is InChI=1S/C23H27N5OS2/c29-22(24-17-6-8-18(9-7-17)27-12-2-1-3-13-27)16-31-23-26-25-21(28(23)19-10-11-19)15-20-5-4-14-30-20/h4-9,14,19H,1-3,10-13,15-16H2,(H,24,29). The Morgan fingerprint density at radius 2 is 1.90 bits per heavy atom. The van der Waals surface area contributed by atoms with Gasteiger partial charge < -0.3 is 14.8 Å². The number of aromatic nitrogens is 3. The number of anilines is 2. The van der Waals surface area contributed by atoms with Gasteiger partial charge in [0.15, 0.2) is 5.16 Å². The summed E-state index contributed by atoms with van der Waals surface area (Å²) in [4.78, 5) is 16.2. The second kappa shape index (κ2) is 9.44. The molecule has 1 saturated heterocycles. The molecule has 0 radical (unpaired) electrons. The summed E-state index contributed by atoms with van der Waals surface area (Å²) in [6, 6.07) is 12.9. The number of carbonyl (C=O) groups is 1. The van der Waals surface area contributed by atoms with Crippen LogP contribution < -0.4 is 10.2 Å². The number of piperidine rings is 1. The molecule has 1 aliphatic carbocycles. The molecule has 31 heavy (non-hydrogen) atoms. The minimum Gasteiger partial charge on any atom is -0.372 e. The maximum atomic E-state index is 12.5. The molecule has 2 aliphatic rings. The number of thioether (sulfide) groups is 1. The van der Waals surface area contributed by atoms with Crippen molar-refractivity contribution in [2.24, 2.45) is 0 Å². The number of hydrogen-bond acceptors (Lipinski definition) is 6. The number of amides is 1. The fourth-order valence-electron chi connectivity index (χ4n) is 4.03. The van der Waals surface area contributed by atoms with Gasteiger partial charge in [0.1, 0.15) is 5.82 Å². The van der Waals surface area contributed by atoms with Crippen LogP contribution in [-0.2, 0) is 11.2 Å². The van der Waals surface area contributed by atoms with Crippen molar-refractivity contribution in [1.29, 1.82) is 0 Å². The molecule has 3 heterocycles. The van der Waals surface area contributed by atoms with Gasteiger partial charge in [0.05, 0.1) is 5.75 Å². The van der Waals surface area contributed by atoms with Gasteiger partial charge >= 0.3 is 0 Å². The fourth-order valence-corrected chi connectivity index (χ4v) is 5.56. The second-order valence-corrected chi connectivity index (χ2v) is 10.2. The fraction of sp³-hybridized carbons (Fsp3) is 0.435. The van der Waals surface area contributed by atoms with Crippen LogP contribution in [0.5, 0.6) is 0 Å². The number of nitrogens with zero attached hydrogens (tertiary/aromatic N) is 4. The maximum absolute atomic E-state index is 12.5. The Balaban J connectivity index is 1.17. The third-order valence-electron chi connectivity index (χ3n) is 5.76. The highest BCUT2D eigenvalue weighted by Gasteiger charge is 2.30. The van der Waals surface area contributed by atoms with Gasteiger partial charge in [0.2, 0.25) is 5.91 Å². The van der Waals surface area contributed by atoms with E-state index < -0.39 is 0 Å². The molecule has 0 bridgehead atoms. The lowest BCUT2D eigenvalue weighted by molar-refractivity contribution is -0.113. The first kappa shape index (κ1) is 20.6. The van der Waals surface area contributed by atoms with Crippen molar-refractivity contribution in [3.63, 3.8) is 0 Å². The molecule has 1 aromatic carbocycles. The highest BCUT2D eigenvalue weighted by molar-refractivity contribution is 7.99. The summed E-state index contributed by atoms with van der Waals surface area (Å²) in [5.41, 5.74) is 2.08. The second-order valence-electron chi connectivity index (χ2n) is 8.19. The van der Waals surface area contributed by atoms with Crippen LogP contribution in [0.25, 0.3) is 0 Å². The van der Waals surface area contributed by atoms with Gasteiger partial charge in [-0.1, -0.05) is 17.8 Å². The number of carbonyl (C=O) groups excluding carboxylic acids is 1. The SMILES string of the molecule is O=C(CSc1nnc(Cc2cccs2)n1C1CC1)Nc1ccc(N2CCCCC2)cc1. The topological polar surface area (TPSA) is 63.1 Å². The molecule has 8 heteroatoms. The number of rotatable bonds is 8. The maximum Gasteiger partial charge on any atom is 0.234 e. The van der Waals surface area contributed by atoms with Gasteiger partial charge in [-0.15, -0.1) is 21.5 Å². The van der Waals surface area contributed by atoms with Crippen LogP contribution in [0.1, 0.15) is 48.8 Å². The van der Waals surface area contributed by atoms with Crippen LogP contribution in [0.3, 0.4) is 0 Å². The molecular formula is C23H27N5OS2. The van der Waals surface area contributed by atoms with E-state index in [1.165, 1.54) is 54.4 Å². The Morgan fingerprint density at radius 3 is 2.61 bits per heavy atom. The van der Waals surface area contributed by atoms with E-state index in [1.807, 2.05) is 12.1 Å². The summed E-state index contributed by atoms with van der Waals surface area (Å²) >= 11 is 3.22. The molecule has 0 spiro atoms. The Hall–Kier alpha value is -2.32. The molecule has 1 amide bonds. The largest absolute Gasteiger partial charge is 0.372 e. The molecule has 3 aromatic rings. The lowest BCUT2D eigenvalue weighted by atomic mass is 10.1. The van der Waals surface area contributed by atoms with Crippen molar-refractivity contribution in [1.82, 2.24) is 14.8 Å². The molecule has 0 atom stereocenters. The van der Waals surface area contributed by atoms with Gasteiger partial charge in [0, 0.05) is 41.8 Å². The van der Waals surface area contributed by atoms with Crippen LogP contribution in [0.4, 0.5) is 11.4 Å². The molecular weight excluding hydrogens is 426 g/mol. The molecule has 5 rings (SSSR count). The zero-order valence-corrected chi connectivity index (χ0v) is 19.1. The third kappa shape index (κ3) is 5.13. The van der Waals surface area contributed by atoms with E-state index in [4.69, 9.17) is 0 Å². The van der Waals surface area contributed by atoms with Crippen molar-refractivity contribution in [3.05, 3.63) is 52.5 Å². The summed E-state index contributed by atoms with van der Waals surface area (Å²) in [5.74, 6) is 1.32. The van der Waals surface area contributed by atoms with E-state index >= 15 is 0 Å². The summed E-state index contributed by atoms with van der Waals surface area (Å²) in [6.45, 7) is 2.25. The summed E-state index contributed by atoms with van der Waals surface area (Å²) in [7, 11) is 0. The lowest BCUT2D eigenvalue weighted by Gasteiger charge is -2.28. The van der Waals surface area contributed by atoms with Crippen molar-refractivity contribution < 1.29 is 4.79 Å². The van der Waals surface area contributed by atoms with E-state index in [9.17, 15) is 4.79 Å². The third-order valence-corrected chi connectivity index (χ3v) is 7.58. The molecule has 1 aliphatic heterocycles. The summed E-state index contributed by atoms with van der Waals surface area (Å²) < 4.78 is 2.24. The first-order chi connectivity index (χ1) is 15.3. The smallest absolute Gasteiger partial charge is 0.234 e. The highest BCUT2D eigenvalue weighted by Crippen LogP contribution is 2.39. The van der Waals surface area contributed by atoms with Crippen molar-refractivity contribution >= 4 is 40.4 Å². The molecule has 1 N–H and O–H groups in total. The molecule has 162 valence electrons. The predicted octanol–water partition coefficient (Wildman–Crippen LogP) is 4.99. The van der Waals surface area contributed by atoms with E-state index in [0.29, 0.717) is 11.8 Å².